The maximum atomic E-state index is 12.8. The standard InChI is InChI=1S/C27H30ClN3O5S2/c1-19-6-7-20(2)26(16-19)30-38(35,36)25-10-8-24(9-11-25)29-27(32)22-12-14-31(15-13-22)37(33,34)18-21-4-3-5-23(28)17-21/h3-11,16-17,22,30H,12-15,18H2,1-2H3,(H,29,32). The SMILES string of the molecule is Cc1ccc(C)c(NS(=O)(=O)c2ccc(NC(=O)C3CCN(S(=O)(=O)Cc4cccc(Cl)c4)CC3)cc2)c1. The van der Waals surface area contributed by atoms with Gasteiger partial charge in [0.2, 0.25) is 15.9 Å². The molecule has 1 amide bonds. The van der Waals surface area contributed by atoms with Crippen LogP contribution < -0.4 is 10.0 Å². The second-order valence-corrected chi connectivity index (χ2v) is 13.6. The number of halogens is 1. The van der Waals surface area contributed by atoms with Crippen molar-refractivity contribution in [3.05, 3.63) is 88.4 Å². The molecule has 202 valence electrons. The number of rotatable bonds is 8. The van der Waals surface area contributed by atoms with Gasteiger partial charge in [-0.05, 0) is 85.8 Å². The lowest BCUT2D eigenvalue weighted by atomic mass is 9.97. The Balaban J connectivity index is 1.33. The lowest BCUT2D eigenvalue weighted by Gasteiger charge is -2.30. The number of carbonyl (C=O) groups is 1. The Kier molecular flexibility index (Phi) is 8.46. The number of benzene rings is 3. The van der Waals surface area contributed by atoms with Crippen molar-refractivity contribution in [1.29, 1.82) is 0 Å². The van der Waals surface area contributed by atoms with Crippen LogP contribution >= 0.6 is 11.6 Å². The van der Waals surface area contributed by atoms with Gasteiger partial charge in [-0.3, -0.25) is 9.52 Å². The van der Waals surface area contributed by atoms with Crippen LogP contribution in [-0.2, 0) is 30.6 Å². The van der Waals surface area contributed by atoms with Gasteiger partial charge in [-0.2, -0.15) is 0 Å². The summed E-state index contributed by atoms with van der Waals surface area (Å²) in [6.07, 6.45) is 0.791. The van der Waals surface area contributed by atoms with Crippen molar-refractivity contribution in [3.8, 4) is 0 Å². The van der Waals surface area contributed by atoms with Crippen molar-refractivity contribution >= 4 is 48.9 Å². The fourth-order valence-electron chi connectivity index (χ4n) is 4.34. The third-order valence-electron chi connectivity index (χ3n) is 6.53. The van der Waals surface area contributed by atoms with Gasteiger partial charge in [-0.15, -0.1) is 0 Å². The first kappa shape index (κ1) is 28.1. The first-order chi connectivity index (χ1) is 17.9. The Morgan fingerprint density at radius 1 is 0.947 bits per heavy atom. The maximum Gasteiger partial charge on any atom is 0.261 e. The molecule has 1 aliphatic rings. The Labute approximate surface area is 229 Å². The number of aryl methyl sites for hydroxylation is 2. The molecule has 2 N–H and O–H groups in total. The predicted octanol–water partition coefficient (Wildman–Crippen LogP) is 4.94. The molecular weight excluding hydrogens is 546 g/mol. The molecule has 8 nitrogen and oxygen atoms in total. The van der Waals surface area contributed by atoms with Crippen LogP contribution in [0.15, 0.2) is 71.6 Å². The van der Waals surface area contributed by atoms with E-state index in [1.807, 2.05) is 26.0 Å². The summed E-state index contributed by atoms with van der Waals surface area (Å²) in [6, 6.07) is 18.3. The summed E-state index contributed by atoms with van der Waals surface area (Å²) in [5.41, 5.74) is 3.36. The molecule has 0 bridgehead atoms. The number of sulfonamides is 2. The average molecular weight is 576 g/mol. The van der Waals surface area contributed by atoms with E-state index < -0.39 is 20.0 Å². The quantitative estimate of drug-likeness (QED) is 0.395. The van der Waals surface area contributed by atoms with E-state index in [2.05, 4.69) is 10.0 Å². The van der Waals surface area contributed by atoms with Gasteiger partial charge in [0.05, 0.1) is 16.3 Å². The van der Waals surface area contributed by atoms with Gasteiger partial charge in [-0.1, -0.05) is 35.9 Å². The van der Waals surface area contributed by atoms with Gasteiger partial charge in [-0.25, -0.2) is 21.1 Å². The van der Waals surface area contributed by atoms with E-state index in [9.17, 15) is 21.6 Å². The minimum atomic E-state index is -3.80. The number of anilines is 2. The Morgan fingerprint density at radius 3 is 2.29 bits per heavy atom. The zero-order chi connectivity index (χ0) is 27.5. The van der Waals surface area contributed by atoms with Gasteiger partial charge >= 0.3 is 0 Å². The van der Waals surface area contributed by atoms with Crippen molar-refractivity contribution in [2.75, 3.05) is 23.1 Å². The average Bonchev–Trinajstić information content (AvgIpc) is 2.86. The maximum absolute atomic E-state index is 12.8. The molecule has 3 aromatic carbocycles. The van der Waals surface area contributed by atoms with Crippen molar-refractivity contribution in [3.63, 3.8) is 0 Å². The highest BCUT2D eigenvalue weighted by Gasteiger charge is 2.31. The minimum Gasteiger partial charge on any atom is -0.326 e. The molecule has 0 atom stereocenters. The molecule has 1 fully saturated rings. The molecule has 4 rings (SSSR count). The highest BCUT2D eigenvalue weighted by Crippen LogP contribution is 2.25. The molecule has 38 heavy (non-hydrogen) atoms. The zero-order valence-electron chi connectivity index (χ0n) is 21.1. The number of amides is 1. The van der Waals surface area contributed by atoms with Gasteiger partial charge in [0.1, 0.15) is 0 Å². The Bertz CT molecular complexity index is 1530. The van der Waals surface area contributed by atoms with Crippen LogP contribution in [0.2, 0.25) is 5.02 Å². The molecule has 0 saturated carbocycles. The zero-order valence-corrected chi connectivity index (χ0v) is 23.5. The lowest BCUT2D eigenvalue weighted by Crippen LogP contribution is -2.41. The van der Waals surface area contributed by atoms with Crippen molar-refractivity contribution in [1.82, 2.24) is 4.31 Å². The van der Waals surface area contributed by atoms with Crippen molar-refractivity contribution < 1.29 is 21.6 Å². The second-order valence-electron chi connectivity index (χ2n) is 9.50. The van der Waals surface area contributed by atoms with Crippen LogP contribution in [0, 0.1) is 19.8 Å². The van der Waals surface area contributed by atoms with Crippen LogP contribution in [0.4, 0.5) is 11.4 Å². The minimum absolute atomic E-state index is 0.0784. The third kappa shape index (κ3) is 6.93. The summed E-state index contributed by atoms with van der Waals surface area (Å²) in [4.78, 5) is 12.9. The molecule has 1 aliphatic heterocycles. The van der Waals surface area contributed by atoms with E-state index in [1.165, 1.54) is 16.4 Å². The number of hydrogen-bond acceptors (Lipinski definition) is 5. The van der Waals surface area contributed by atoms with Crippen LogP contribution in [0.25, 0.3) is 0 Å². The van der Waals surface area contributed by atoms with Crippen LogP contribution in [0.5, 0.6) is 0 Å². The van der Waals surface area contributed by atoms with Gasteiger partial charge < -0.3 is 5.32 Å². The Hall–Kier alpha value is -2.92. The van der Waals surface area contributed by atoms with Gasteiger partial charge in [0.15, 0.2) is 0 Å². The third-order valence-corrected chi connectivity index (χ3v) is 9.99. The van der Waals surface area contributed by atoms with E-state index >= 15 is 0 Å². The van der Waals surface area contributed by atoms with Crippen LogP contribution in [-0.4, -0.2) is 40.1 Å². The molecular formula is C27H30ClN3O5S2. The van der Waals surface area contributed by atoms with E-state index in [1.54, 1.807) is 42.5 Å². The molecule has 0 radical (unpaired) electrons. The molecule has 0 aromatic heterocycles. The first-order valence-corrected chi connectivity index (χ1v) is 15.6. The van der Waals surface area contributed by atoms with E-state index in [-0.39, 0.29) is 35.6 Å². The monoisotopic (exact) mass is 575 g/mol. The number of piperidine rings is 1. The number of nitrogens with zero attached hydrogens (tertiary/aromatic N) is 1. The largest absolute Gasteiger partial charge is 0.326 e. The summed E-state index contributed by atoms with van der Waals surface area (Å²) in [7, 11) is -7.32. The molecule has 3 aromatic rings. The molecule has 0 unspecified atom stereocenters. The fourth-order valence-corrected chi connectivity index (χ4v) is 7.22. The molecule has 1 saturated heterocycles. The van der Waals surface area contributed by atoms with Crippen molar-refractivity contribution in [2.24, 2.45) is 5.92 Å². The topological polar surface area (TPSA) is 113 Å². The molecule has 11 heteroatoms. The number of nitrogens with one attached hydrogen (secondary N) is 2. The highest BCUT2D eigenvalue weighted by atomic mass is 35.5. The van der Waals surface area contributed by atoms with E-state index in [4.69, 9.17) is 11.6 Å². The summed E-state index contributed by atoms with van der Waals surface area (Å²) >= 11 is 5.97. The fraction of sp³-hybridized carbons (Fsp3) is 0.296. The summed E-state index contributed by atoms with van der Waals surface area (Å²) in [5.74, 6) is -0.708. The predicted molar refractivity (Wildman–Crippen MR) is 150 cm³/mol. The summed E-state index contributed by atoms with van der Waals surface area (Å²) in [5, 5.41) is 3.30. The number of hydrogen-bond donors (Lipinski definition) is 2. The normalized spacial score (nSPS) is 15.2. The molecule has 0 aliphatic carbocycles. The van der Waals surface area contributed by atoms with Crippen molar-refractivity contribution in [2.45, 2.75) is 37.3 Å². The molecule has 0 spiro atoms. The lowest BCUT2D eigenvalue weighted by molar-refractivity contribution is -0.120. The van der Waals surface area contributed by atoms with Gasteiger partial charge in [0, 0.05) is 29.7 Å². The van der Waals surface area contributed by atoms with Crippen LogP contribution in [0.1, 0.15) is 29.5 Å². The first-order valence-electron chi connectivity index (χ1n) is 12.2. The summed E-state index contributed by atoms with van der Waals surface area (Å²) in [6.45, 7) is 4.22. The smallest absolute Gasteiger partial charge is 0.261 e. The van der Waals surface area contributed by atoms with E-state index in [0.717, 1.165) is 11.1 Å². The Morgan fingerprint density at radius 2 is 1.63 bits per heavy atom. The highest BCUT2D eigenvalue weighted by molar-refractivity contribution is 7.92. The van der Waals surface area contributed by atoms with E-state index in [0.29, 0.717) is 34.8 Å². The second kappa shape index (κ2) is 11.4. The molecule has 1 heterocycles. The van der Waals surface area contributed by atoms with Crippen LogP contribution in [0.3, 0.4) is 0 Å². The van der Waals surface area contributed by atoms with Gasteiger partial charge in [0.25, 0.3) is 10.0 Å². The number of carbonyl (C=O) groups excluding carboxylic acids is 1. The summed E-state index contributed by atoms with van der Waals surface area (Å²) < 4.78 is 55.3.